The van der Waals surface area contributed by atoms with Gasteiger partial charge in [0.05, 0.1) is 0 Å². The van der Waals surface area contributed by atoms with Gasteiger partial charge in [0, 0.05) is 0 Å². The molecule has 0 bridgehead atoms. The standard InChI is InChI=1S/C8H6Se2/c1-2-8(10-4-1)7-3-5-9-6-7/h1-6H. The molecule has 2 aromatic heterocycles. The van der Waals surface area contributed by atoms with Gasteiger partial charge in [-0.15, -0.1) is 0 Å². The first-order chi connectivity index (χ1) is 4.97. The van der Waals surface area contributed by atoms with E-state index in [1.54, 1.807) is 4.44 Å². The van der Waals surface area contributed by atoms with Crippen molar-refractivity contribution in [3.63, 3.8) is 0 Å². The Morgan fingerprint density at radius 1 is 1.10 bits per heavy atom. The molecule has 2 heteroatoms. The molecule has 0 nitrogen and oxygen atoms in total. The molecule has 0 saturated heterocycles. The molecule has 0 saturated carbocycles. The van der Waals surface area contributed by atoms with E-state index < -0.39 is 0 Å². The van der Waals surface area contributed by atoms with E-state index in [9.17, 15) is 0 Å². The van der Waals surface area contributed by atoms with Gasteiger partial charge in [-0.3, -0.25) is 0 Å². The molecule has 0 aromatic carbocycles. The summed E-state index contributed by atoms with van der Waals surface area (Å²) < 4.78 is 1.54. The van der Waals surface area contributed by atoms with E-state index in [0.29, 0.717) is 29.0 Å². The molecule has 0 radical (unpaired) electrons. The second-order valence-electron chi connectivity index (χ2n) is 1.99. The molecule has 0 N–H and O–H groups in total. The van der Waals surface area contributed by atoms with Crippen molar-refractivity contribution < 1.29 is 0 Å². The Balaban J connectivity index is 2.48. The Bertz CT molecular complexity index is 247. The van der Waals surface area contributed by atoms with Crippen LogP contribution in [0.2, 0.25) is 0 Å². The van der Waals surface area contributed by atoms with Gasteiger partial charge >= 0.3 is 72.0 Å². The fourth-order valence-electron chi connectivity index (χ4n) is 0.847. The Morgan fingerprint density at radius 2 is 2.10 bits per heavy atom. The van der Waals surface area contributed by atoms with E-state index in [4.69, 9.17) is 0 Å². The Labute approximate surface area is 72.0 Å². The molecule has 0 atom stereocenters. The summed E-state index contributed by atoms with van der Waals surface area (Å²) in [6.45, 7) is 0. The Hall–Kier alpha value is -0.00104. The third-order valence-electron chi connectivity index (χ3n) is 1.33. The number of hydrogen-bond acceptors (Lipinski definition) is 0. The van der Waals surface area contributed by atoms with Crippen molar-refractivity contribution in [1.29, 1.82) is 0 Å². The summed E-state index contributed by atoms with van der Waals surface area (Å²) in [4.78, 5) is 6.90. The number of rotatable bonds is 1. The van der Waals surface area contributed by atoms with E-state index in [2.05, 4.69) is 33.0 Å². The molecule has 0 unspecified atom stereocenters. The molecular formula is C8H6Se2. The van der Waals surface area contributed by atoms with Gasteiger partial charge in [0.1, 0.15) is 0 Å². The molecule has 0 amide bonds. The SMILES string of the molecule is c1c[se]c(-c2cc[se]c2)c1. The molecule has 2 aromatic rings. The van der Waals surface area contributed by atoms with Crippen molar-refractivity contribution in [2.24, 2.45) is 0 Å². The summed E-state index contributed by atoms with van der Waals surface area (Å²) >= 11 is 1.27. The van der Waals surface area contributed by atoms with E-state index in [1.165, 1.54) is 5.56 Å². The summed E-state index contributed by atoms with van der Waals surface area (Å²) in [5, 5.41) is 0. The Kier molecular flexibility index (Phi) is 1.97. The van der Waals surface area contributed by atoms with Crippen LogP contribution in [0.15, 0.2) is 33.0 Å². The third kappa shape index (κ3) is 1.21. The first-order valence-corrected chi connectivity index (χ1v) is 6.85. The molecule has 2 heterocycles. The summed E-state index contributed by atoms with van der Waals surface area (Å²) in [6, 6.07) is 6.65. The molecule has 0 aliphatic carbocycles. The van der Waals surface area contributed by atoms with Crippen LogP contribution in [0.4, 0.5) is 0 Å². The van der Waals surface area contributed by atoms with Crippen LogP contribution in [0, 0.1) is 0 Å². The van der Waals surface area contributed by atoms with Crippen LogP contribution >= 0.6 is 0 Å². The molecule has 10 heavy (non-hydrogen) atoms. The van der Waals surface area contributed by atoms with Crippen molar-refractivity contribution in [3.05, 3.63) is 33.0 Å². The average molecular weight is 260 g/mol. The first-order valence-electron chi connectivity index (χ1n) is 3.03. The first kappa shape index (κ1) is 6.69. The van der Waals surface area contributed by atoms with Gasteiger partial charge in [-0.2, -0.15) is 0 Å². The topological polar surface area (TPSA) is 0 Å². The third-order valence-corrected chi connectivity index (χ3v) is 4.69. The zero-order chi connectivity index (χ0) is 6.81. The second kappa shape index (κ2) is 2.94. The van der Waals surface area contributed by atoms with Gasteiger partial charge in [0.15, 0.2) is 0 Å². The van der Waals surface area contributed by atoms with Crippen LogP contribution in [0.25, 0.3) is 10.0 Å². The molecule has 0 aliphatic rings. The minimum absolute atomic E-state index is 0.622. The van der Waals surface area contributed by atoms with E-state index in [1.807, 2.05) is 0 Å². The zero-order valence-electron chi connectivity index (χ0n) is 5.28. The fourth-order valence-corrected chi connectivity index (χ4v) is 4.12. The maximum absolute atomic E-state index is 2.35. The normalized spacial score (nSPS) is 10.0. The van der Waals surface area contributed by atoms with Crippen molar-refractivity contribution in [2.75, 3.05) is 0 Å². The van der Waals surface area contributed by atoms with E-state index >= 15 is 0 Å². The quantitative estimate of drug-likeness (QED) is 0.681. The zero-order valence-corrected chi connectivity index (χ0v) is 8.71. The predicted octanol–water partition coefficient (Wildman–Crippen LogP) is 1.47. The van der Waals surface area contributed by atoms with E-state index in [-0.39, 0.29) is 0 Å². The van der Waals surface area contributed by atoms with Crippen LogP contribution in [0.3, 0.4) is 0 Å². The van der Waals surface area contributed by atoms with Gasteiger partial charge in [-0.1, -0.05) is 0 Å². The van der Waals surface area contributed by atoms with Crippen LogP contribution in [-0.4, -0.2) is 29.0 Å². The monoisotopic (exact) mass is 262 g/mol. The molecule has 2 rings (SSSR count). The predicted molar refractivity (Wildman–Crippen MR) is 45.8 cm³/mol. The average Bonchev–Trinajstić information content (AvgIpc) is 2.59. The summed E-state index contributed by atoms with van der Waals surface area (Å²) in [5.74, 6) is 0. The van der Waals surface area contributed by atoms with Crippen LogP contribution in [0.5, 0.6) is 0 Å². The molecule has 50 valence electrons. The van der Waals surface area contributed by atoms with Gasteiger partial charge in [-0.05, 0) is 0 Å². The second-order valence-corrected chi connectivity index (χ2v) is 5.61. The van der Waals surface area contributed by atoms with Crippen molar-refractivity contribution in [2.45, 2.75) is 0 Å². The van der Waals surface area contributed by atoms with Crippen molar-refractivity contribution >= 4 is 29.0 Å². The Morgan fingerprint density at radius 3 is 2.70 bits per heavy atom. The van der Waals surface area contributed by atoms with Gasteiger partial charge < -0.3 is 0 Å². The molecule has 0 spiro atoms. The minimum atomic E-state index is 0.622. The molecule has 0 aliphatic heterocycles. The van der Waals surface area contributed by atoms with Gasteiger partial charge in [-0.25, -0.2) is 0 Å². The van der Waals surface area contributed by atoms with E-state index in [0.717, 1.165) is 0 Å². The van der Waals surface area contributed by atoms with Crippen LogP contribution in [-0.2, 0) is 0 Å². The van der Waals surface area contributed by atoms with Gasteiger partial charge in [0.2, 0.25) is 0 Å². The number of hydrogen-bond donors (Lipinski definition) is 0. The maximum atomic E-state index is 2.35. The summed E-state index contributed by atoms with van der Waals surface area (Å²) in [7, 11) is 0. The van der Waals surface area contributed by atoms with Crippen molar-refractivity contribution in [1.82, 2.24) is 0 Å². The molecule has 0 fully saturated rings. The summed E-state index contributed by atoms with van der Waals surface area (Å²) in [6.07, 6.45) is 0. The van der Waals surface area contributed by atoms with Crippen LogP contribution in [0.1, 0.15) is 0 Å². The van der Waals surface area contributed by atoms with Crippen molar-refractivity contribution in [3.8, 4) is 10.0 Å². The van der Waals surface area contributed by atoms with Crippen LogP contribution < -0.4 is 0 Å². The summed E-state index contributed by atoms with van der Waals surface area (Å²) in [5.41, 5.74) is 1.48. The van der Waals surface area contributed by atoms with Gasteiger partial charge in [0.25, 0.3) is 0 Å². The molecular weight excluding hydrogens is 254 g/mol. The fraction of sp³-hybridized carbons (Fsp3) is 0.